The number of aromatic nitrogens is 3. The lowest BCUT2D eigenvalue weighted by molar-refractivity contribution is 0.0922. The Morgan fingerprint density at radius 3 is 2.96 bits per heavy atom. The molecule has 7 heteroatoms. The molecule has 1 atom stereocenters. The molecule has 7 nitrogen and oxygen atoms in total. The fraction of sp³-hybridized carbons (Fsp3) is 0.188. The normalized spacial score (nSPS) is 12.3. The number of H-pyrrole nitrogens is 1. The van der Waals surface area contributed by atoms with E-state index in [0.717, 1.165) is 16.5 Å². The SMILES string of the molecule is CC(CO)NC(=O)c1cnc2[nH]cc(-c3cncc(N)c3)c2c1. The second kappa shape index (κ2) is 6.05. The number of nitrogen functional groups attached to an aromatic ring is 1. The van der Waals surface area contributed by atoms with Gasteiger partial charge in [-0.25, -0.2) is 4.98 Å². The van der Waals surface area contributed by atoms with Gasteiger partial charge in [-0.1, -0.05) is 0 Å². The van der Waals surface area contributed by atoms with Gasteiger partial charge < -0.3 is 21.1 Å². The molecule has 0 saturated heterocycles. The minimum absolute atomic E-state index is 0.119. The second-order valence-corrected chi connectivity index (χ2v) is 5.39. The second-order valence-electron chi connectivity index (χ2n) is 5.39. The standard InChI is InChI=1S/C16H17N5O2/c1-9(8-22)21-16(23)11-3-13-14(7-20-15(13)19-5-11)10-2-12(17)6-18-4-10/h2-7,9,22H,8,17H2,1H3,(H,19,20)(H,21,23). The number of aliphatic hydroxyl groups excluding tert-OH is 1. The van der Waals surface area contributed by atoms with Gasteiger partial charge >= 0.3 is 0 Å². The Bertz CT molecular complexity index is 859. The van der Waals surface area contributed by atoms with E-state index in [0.29, 0.717) is 16.9 Å². The van der Waals surface area contributed by atoms with E-state index < -0.39 is 0 Å². The van der Waals surface area contributed by atoms with Gasteiger partial charge in [0.15, 0.2) is 0 Å². The van der Waals surface area contributed by atoms with Crippen LogP contribution in [-0.2, 0) is 0 Å². The highest BCUT2D eigenvalue weighted by molar-refractivity contribution is 6.01. The zero-order chi connectivity index (χ0) is 16.4. The Hall–Kier alpha value is -2.93. The van der Waals surface area contributed by atoms with Gasteiger partial charge in [-0.15, -0.1) is 0 Å². The Morgan fingerprint density at radius 1 is 1.39 bits per heavy atom. The highest BCUT2D eigenvalue weighted by Crippen LogP contribution is 2.28. The lowest BCUT2D eigenvalue weighted by Crippen LogP contribution is -2.35. The fourth-order valence-electron chi connectivity index (χ4n) is 2.32. The number of amides is 1. The first-order valence-corrected chi connectivity index (χ1v) is 7.18. The van der Waals surface area contributed by atoms with Crippen molar-refractivity contribution in [2.45, 2.75) is 13.0 Å². The van der Waals surface area contributed by atoms with Crippen LogP contribution in [0.25, 0.3) is 22.2 Å². The smallest absolute Gasteiger partial charge is 0.253 e. The molecular weight excluding hydrogens is 294 g/mol. The van der Waals surface area contributed by atoms with Gasteiger partial charge in [0.2, 0.25) is 0 Å². The van der Waals surface area contributed by atoms with Gasteiger partial charge in [0.1, 0.15) is 5.65 Å². The summed E-state index contributed by atoms with van der Waals surface area (Å²) in [6, 6.07) is 3.26. The van der Waals surface area contributed by atoms with Crippen molar-refractivity contribution in [3.8, 4) is 11.1 Å². The summed E-state index contributed by atoms with van der Waals surface area (Å²) >= 11 is 0. The first kappa shape index (κ1) is 15.0. The third-order valence-electron chi connectivity index (χ3n) is 3.52. The Kier molecular flexibility index (Phi) is 3.94. The van der Waals surface area contributed by atoms with Crippen LogP contribution in [0.15, 0.2) is 36.9 Å². The van der Waals surface area contributed by atoms with Crippen LogP contribution in [0.5, 0.6) is 0 Å². The van der Waals surface area contributed by atoms with Crippen LogP contribution in [0.4, 0.5) is 5.69 Å². The van der Waals surface area contributed by atoms with Crippen LogP contribution in [-0.4, -0.2) is 38.6 Å². The quantitative estimate of drug-likeness (QED) is 0.579. The Labute approximate surface area is 132 Å². The topological polar surface area (TPSA) is 117 Å². The fourth-order valence-corrected chi connectivity index (χ4v) is 2.32. The molecule has 1 unspecified atom stereocenters. The molecule has 3 heterocycles. The predicted octanol–water partition coefficient (Wildman–Crippen LogP) is 1.32. The van der Waals surface area contributed by atoms with Crippen molar-refractivity contribution in [3.05, 3.63) is 42.5 Å². The number of nitrogens with zero attached hydrogens (tertiary/aromatic N) is 2. The molecule has 1 amide bonds. The van der Waals surface area contributed by atoms with E-state index in [1.165, 1.54) is 6.20 Å². The van der Waals surface area contributed by atoms with E-state index in [2.05, 4.69) is 20.3 Å². The van der Waals surface area contributed by atoms with E-state index in [4.69, 9.17) is 10.8 Å². The minimum Gasteiger partial charge on any atom is -0.397 e. The summed E-state index contributed by atoms with van der Waals surface area (Å²) in [4.78, 5) is 23.6. The van der Waals surface area contributed by atoms with Crippen molar-refractivity contribution in [2.24, 2.45) is 0 Å². The Morgan fingerprint density at radius 2 is 2.22 bits per heavy atom. The molecule has 0 radical (unpaired) electrons. The maximum absolute atomic E-state index is 12.2. The predicted molar refractivity (Wildman–Crippen MR) is 87.8 cm³/mol. The number of anilines is 1. The molecule has 3 rings (SSSR count). The van der Waals surface area contributed by atoms with Crippen LogP contribution in [0.2, 0.25) is 0 Å². The number of hydrogen-bond donors (Lipinski definition) is 4. The first-order valence-electron chi connectivity index (χ1n) is 7.18. The molecule has 0 aliphatic rings. The van der Waals surface area contributed by atoms with Crippen LogP contribution in [0.1, 0.15) is 17.3 Å². The summed E-state index contributed by atoms with van der Waals surface area (Å²) in [5.41, 5.74) is 9.17. The molecular formula is C16H17N5O2. The van der Waals surface area contributed by atoms with E-state index in [-0.39, 0.29) is 18.6 Å². The first-order chi connectivity index (χ1) is 11.1. The minimum atomic E-state index is -0.318. The monoisotopic (exact) mass is 311 g/mol. The highest BCUT2D eigenvalue weighted by Gasteiger charge is 2.13. The summed E-state index contributed by atoms with van der Waals surface area (Å²) < 4.78 is 0. The molecule has 0 spiro atoms. The van der Waals surface area contributed by atoms with Crippen molar-refractivity contribution in [1.82, 2.24) is 20.3 Å². The average molecular weight is 311 g/mol. The maximum Gasteiger partial charge on any atom is 0.253 e. The van der Waals surface area contributed by atoms with Gasteiger partial charge in [0.05, 0.1) is 17.9 Å². The molecule has 3 aromatic heterocycles. The maximum atomic E-state index is 12.2. The van der Waals surface area contributed by atoms with Gasteiger partial charge in [-0.3, -0.25) is 9.78 Å². The van der Waals surface area contributed by atoms with E-state index in [9.17, 15) is 4.79 Å². The van der Waals surface area contributed by atoms with Crippen molar-refractivity contribution in [2.75, 3.05) is 12.3 Å². The van der Waals surface area contributed by atoms with Gasteiger partial charge in [0.25, 0.3) is 5.91 Å². The third kappa shape index (κ3) is 3.00. The lowest BCUT2D eigenvalue weighted by Gasteiger charge is -2.10. The van der Waals surface area contributed by atoms with Crippen LogP contribution >= 0.6 is 0 Å². The molecule has 5 N–H and O–H groups in total. The summed E-state index contributed by atoms with van der Waals surface area (Å²) in [6.07, 6.45) is 6.59. The van der Waals surface area contributed by atoms with Gasteiger partial charge in [-0.05, 0) is 19.1 Å². The lowest BCUT2D eigenvalue weighted by atomic mass is 10.1. The average Bonchev–Trinajstić information content (AvgIpc) is 2.97. The molecule has 0 aromatic carbocycles. The molecule has 0 saturated carbocycles. The van der Waals surface area contributed by atoms with Crippen molar-refractivity contribution >= 4 is 22.6 Å². The molecule has 118 valence electrons. The highest BCUT2D eigenvalue weighted by atomic mass is 16.3. The van der Waals surface area contributed by atoms with E-state index in [1.807, 2.05) is 12.3 Å². The summed E-state index contributed by atoms with van der Waals surface area (Å²) in [7, 11) is 0. The van der Waals surface area contributed by atoms with Crippen molar-refractivity contribution in [1.29, 1.82) is 0 Å². The van der Waals surface area contributed by atoms with Crippen LogP contribution in [0, 0.1) is 0 Å². The van der Waals surface area contributed by atoms with Gasteiger partial charge in [0, 0.05) is 47.3 Å². The largest absolute Gasteiger partial charge is 0.397 e. The number of hydrogen-bond acceptors (Lipinski definition) is 5. The number of carbonyl (C=O) groups is 1. The van der Waals surface area contributed by atoms with Crippen molar-refractivity contribution < 1.29 is 9.90 Å². The number of carbonyl (C=O) groups excluding carboxylic acids is 1. The van der Waals surface area contributed by atoms with Gasteiger partial charge in [-0.2, -0.15) is 0 Å². The molecule has 0 bridgehead atoms. The molecule has 0 aliphatic heterocycles. The number of aliphatic hydroxyl groups is 1. The summed E-state index contributed by atoms with van der Waals surface area (Å²) in [5, 5.41) is 12.5. The zero-order valence-electron chi connectivity index (χ0n) is 12.6. The van der Waals surface area contributed by atoms with E-state index >= 15 is 0 Å². The summed E-state index contributed by atoms with van der Waals surface area (Å²) in [6.45, 7) is 1.61. The van der Waals surface area contributed by atoms with Crippen LogP contribution in [0.3, 0.4) is 0 Å². The number of nitrogens with one attached hydrogen (secondary N) is 2. The zero-order valence-corrected chi connectivity index (χ0v) is 12.6. The molecule has 0 fully saturated rings. The number of aromatic amines is 1. The number of fused-ring (bicyclic) bond motifs is 1. The number of nitrogens with two attached hydrogens (primary N) is 1. The molecule has 3 aromatic rings. The van der Waals surface area contributed by atoms with E-state index in [1.54, 1.807) is 25.4 Å². The Balaban J connectivity index is 2.02. The molecule has 0 aliphatic carbocycles. The summed E-state index contributed by atoms with van der Waals surface area (Å²) in [5.74, 6) is -0.279. The molecule has 23 heavy (non-hydrogen) atoms. The number of pyridine rings is 2. The van der Waals surface area contributed by atoms with Crippen molar-refractivity contribution in [3.63, 3.8) is 0 Å². The third-order valence-corrected chi connectivity index (χ3v) is 3.52. The van der Waals surface area contributed by atoms with Crippen LogP contribution < -0.4 is 11.1 Å². The number of rotatable bonds is 4.